The van der Waals surface area contributed by atoms with Crippen molar-refractivity contribution in [3.63, 3.8) is 0 Å². The Hall–Kier alpha value is -2.04. The van der Waals surface area contributed by atoms with Gasteiger partial charge in [-0.2, -0.15) is 0 Å². The molecule has 0 atom stereocenters. The van der Waals surface area contributed by atoms with Crippen LogP contribution >= 0.6 is 0 Å². The van der Waals surface area contributed by atoms with Gasteiger partial charge in [0, 0.05) is 32.7 Å². The molecule has 1 N–H and O–H groups in total. The van der Waals surface area contributed by atoms with Gasteiger partial charge in [-0.15, -0.1) is 0 Å². The quantitative estimate of drug-likeness (QED) is 0.828. The average molecular weight is 219 g/mol. The Kier molecular flexibility index (Phi) is 2.30. The molecule has 0 bridgehead atoms. The smallest absolute Gasteiger partial charge is 0.352 e. The minimum atomic E-state index is -0.927. The Morgan fingerprint density at radius 1 is 1.50 bits per heavy atom. The van der Waals surface area contributed by atoms with Gasteiger partial charge in [0.1, 0.15) is 5.69 Å². The molecule has 0 spiro atoms. The van der Waals surface area contributed by atoms with Gasteiger partial charge in [-0.1, -0.05) is 0 Å². The summed E-state index contributed by atoms with van der Waals surface area (Å²) in [7, 11) is 5.50. The number of nitrogens with zero attached hydrogens (tertiary/aromatic N) is 3. The van der Waals surface area contributed by atoms with Gasteiger partial charge < -0.3 is 14.6 Å². The number of rotatable bonds is 2. The van der Waals surface area contributed by atoms with E-state index in [1.54, 1.807) is 23.9 Å². The molecule has 84 valence electrons. The predicted octanol–water partition coefficient (Wildman–Crippen LogP) is 1.34. The van der Waals surface area contributed by atoms with Crippen molar-refractivity contribution in [1.29, 1.82) is 0 Å². The Bertz CT molecular complexity index is 558. The van der Waals surface area contributed by atoms with Crippen molar-refractivity contribution in [2.45, 2.75) is 0 Å². The second kappa shape index (κ2) is 3.52. The molecule has 16 heavy (non-hydrogen) atoms. The fourth-order valence-corrected chi connectivity index (χ4v) is 1.81. The van der Waals surface area contributed by atoms with Gasteiger partial charge in [-0.05, 0) is 12.1 Å². The molecule has 2 rings (SSSR count). The topological polar surface area (TPSA) is 58.4 Å². The highest BCUT2D eigenvalue weighted by molar-refractivity contribution is 5.98. The fraction of sp³-hybridized carbons (Fsp3) is 0.273. The normalized spacial score (nSPS) is 10.7. The summed E-state index contributed by atoms with van der Waals surface area (Å²) in [5.41, 5.74) is 1.11. The van der Waals surface area contributed by atoms with Crippen LogP contribution in [0.2, 0.25) is 0 Å². The predicted molar refractivity (Wildman–Crippen MR) is 62.0 cm³/mol. The average Bonchev–Trinajstić information content (AvgIpc) is 2.56. The third kappa shape index (κ3) is 1.41. The first kappa shape index (κ1) is 10.5. The van der Waals surface area contributed by atoms with Gasteiger partial charge in [0.25, 0.3) is 0 Å². The van der Waals surface area contributed by atoms with E-state index in [0.29, 0.717) is 0 Å². The van der Waals surface area contributed by atoms with E-state index >= 15 is 0 Å². The van der Waals surface area contributed by atoms with Crippen molar-refractivity contribution in [2.24, 2.45) is 7.05 Å². The van der Waals surface area contributed by atoms with Crippen LogP contribution in [0, 0.1) is 0 Å². The third-order valence-corrected chi connectivity index (χ3v) is 2.57. The minimum Gasteiger partial charge on any atom is -0.477 e. The van der Waals surface area contributed by atoms with Crippen molar-refractivity contribution >= 4 is 22.7 Å². The first-order valence-electron chi connectivity index (χ1n) is 4.87. The Balaban J connectivity index is 2.82. The number of hydrogen-bond donors (Lipinski definition) is 1. The van der Waals surface area contributed by atoms with Crippen molar-refractivity contribution in [1.82, 2.24) is 9.55 Å². The van der Waals surface area contributed by atoms with Crippen LogP contribution in [0.15, 0.2) is 18.3 Å². The third-order valence-electron chi connectivity index (χ3n) is 2.57. The molecule has 0 aliphatic heterocycles. The molecule has 5 nitrogen and oxygen atoms in total. The Morgan fingerprint density at radius 3 is 2.75 bits per heavy atom. The zero-order chi connectivity index (χ0) is 11.9. The Labute approximate surface area is 92.9 Å². The van der Waals surface area contributed by atoms with Crippen LogP contribution in [0.3, 0.4) is 0 Å². The number of fused-ring (bicyclic) bond motifs is 1. The molecular formula is C11H13N3O2. The van der Waals surface area contributed by atoms with E-state index in [-0.39, 0.29) is 5.69 Å². The number of aromatic carboxylic acids is 1. The SMILES string of the molecule is CN(C)c1nccc2cc(C(=O)O)n(C)c12. The van der Waals surface area contributed by atoms with E-state index in [1.165, 1.54) is 0 Å². The molecule has 0 saturated carbocycles. The van der Waals surface area contributed by atoms with Crippen LogP contribution in [0.4, 0.5) is 5.82 Å². The maximum atomic E-state index is 11.0. The molecule has 0 radical (unpaired) electrons. The first-order valence-corrected chi connectivity index (χ1v) is 4.87. The molecule has 5 heteroatoms. The largest absolute Gasteiger partial charge is 0.477 e. The molecule has 0 saturated heterocycles. The summed E-state index contributed by atoms with van der Waals surface area (Å²) in [6.07, 6.45) is 1.68. The van der Waals surface area contributed by atoms with E-state index in [1.807, 2.05) is 25.1 Å². The van der Waals surface area contributed by atoms with Gasteiger partial charge in [0.05, 0.1) is 5.52 Å². The maximum Gasteiger partial charge on any atom is 0.352 e. The number of pyridine rings is 1. The van der Waals surface area contributed by atoms with Crippen molar-refractivity contribution in [2.75, 3.05) is 19.0 Å². The van der Waals surface area contributed by atoms with Crippen molar-refractivity contribution < 1.29 is 9.90 Å². The lowest BCUT2D eigenvalue weighted by Crippen LogP contribution is -2.13. The highest BCUT2D eigenvalue weighted by Crippen LogP contribution is 2.25. The van der Waals surface area contributed by atoms with Gasteiger partial charge in [-0.3, -0.25) is 0 Å². The lowest BCUT2D eigenvalue weighted by Gasteiger charge is -2.13. The molecule has 0 unspecified atom stereocenters. The van der Waals surface area contributed by atoms with Gasteiger partial charge in [-0.25, -0.2) is 9.78 Å². The summed E-state index contributed by atoms with van der Waals surface area (Å²) >= 11 is 0. The molecule has 0 aliphatic carbocycles. The van der Waals surface area contributed by atoms with E-state index in [2.05, 4.69) is 4.98 Å². The molecule has 0 amide bonds. The maximum absolute atomic E-state index is 11.0. The number of carboxylic acid groups (broad SMARTS) is 1. The van der Waals surface area contributed by atoms with Crippen LogP contribution in [0.25, 0.3) is 10.9 Å². The van der Waals surface area contributed by atoms with Gasteiger partial charge >= 0.3 is 5.97 Å². The van der Waals surface area contributed by atoms with Crippen LogP contribution < -0.4 is 4.90 Å². The number of carboxylic acids is 1. The molecule has 2 aromatic heterocycles. The van der Waals surface area contributed by atoms with Crippen LogP contribution in [-0.4, -0.2) is 34.7 Å². The molecule has 0 fully saturated rings. The Morgan fingerprint density at radius 2 is 2.19 bits per heavy atom. The summed E-state index contributed by atoms with van der Waals surface area (Å²) in [6.45, 7) is 0. The number of hydrogen-bond acceptors (Lipinski definition) is 3. The molecular weight excluding hydrogens is 206 g/mol. The lowest BCUT2D eigenvalue weighted by atomic mass is 10.3. The van der Waals surface area contributed by atoms with Crippen LogP contribution in [-0.2, 0) is 7.05 Å². The number of aromatic nitrogens is 2. The molecule has 0 aliphatic rings. The number of aryl methyl sites for hydroxylation is 1. The summed E-state index contributed by atoms with van der Waals surface area (Å²) in [5.74, 6) is -0.157. The van der Waals surface area contributed by atoms with Crippen LogP contribution in [0.1, 0.15) is 10.5 Å². The van der Waals surface area contributed by atoms with Gasteiger partial charge in [0.15, 0.2) is 5.82 Å². The summed E-state index contributed by atoms with van der Waals surface area (Å²) in [6, 6.07) is 3.47. The summed E-state index contributed by atoms with van der Waals surface area (Å²) in [5, 5.41) is 9.93. The monoisotopic (exact) mass is 219 g/mol. The zero-order valence-electron chi connectivity index (χ0n) is 9.43. The highest BCUT2D eigenvalue weighted by Gasteiger charge is 2.15. The van der Waals surface area contributed by atoms with E-state index < -0.39 is 5.97 Å². The molecule has 2 aromatic rings. The van der Waals surface area contributed by atoms with Crippen molar-refractivity contribution in [3.8, 4) is 0 Å². The van der Waals surface area contributed by atoms with Gasteiger partial charge in [0.2, 0.25) is 0 Å². The molecule has 0 aromatic carbocycles. The minimum absolute atomic E-state index is 0.270. The fourth-order valence-electron chi connectivity index (χ4n) is 1.81. The van der Waals surface area contributed by atoms with E-state index in [4.69, 9.17) is 5.11 Å². The zero-order valence-corrected chi connectivity index (χ0v) is 9.43. The van der Waals surface area contributed by atoms with E-state index in [0.717, 1.165) is 16.7 Å². The van der Waals surface area contributed by atoms with Crippen LogP contribution in [0.5, 0.6) is 0 Å². The second-order valence-electron chi connectivity index (χ2n) is 3.86. The summed E-state index contributed by atoms with van der Waals surface area (Å²) in [4.78, 5) is 17.1. The number of carbonyl (C=O) groups is 1. The standard InChI is InChI=1S/C11H13N3O2/c1-13(2)10-9-7(4-5-12-10)6-8(11(15)16)14(9)3/h4-6H,1-3H3,(H,15,16). The lowest BCUT2D eigenvalue weighted by molar-refractivity contribution is 0.0687. The van der Waals surface area contributed by atoms with E-state index in [9.17, 15) is 4.79 Å². The molecule has 2 heterocycles. The number of anilines is 1. The highest BCUT2D eigenvalue weighted by atomic mass is 16.4. The van der Waals surface area contributed by atoms with Crippen molar-refractivity contribution in [3.05, 3.63) is 24.0 Å². The summed E-state index contributed by atoms with van der Waals surface area (Å²) < 4.78 is 1.65. The second-order valence-corrected chi connectivity index (χ2v) is 3.86. The first-order chi connectivity index (χ1) is 7.52.